The van der Waals surface area contributed by atoms with Crippen molar-refractivity contribution in [2.24, 2.45) is 0 Å². The zero-order valence-electron chi connectivity index (χ0n) is 15.5. The quantitative estimate of drug-likeness (QED) is 0.735. The Balaban J connectivity index is 1.61. The number of aryl methyl sites for hydroxylation is 1. The molecule has 3 rings (SSSR count). The number of amides is 3. The van der Waals surface area contributed by atoms with Crippen LogP contribution >= 0.6 is 23.4 Å². The first-order valence-corrected chi connectivity index (χ1v) is 9.91. The van der Waals surface area contributed by atoms with Crippen LogP contribution in [0.5, 0.6) is 0 Å². The highest BCUT2D eigenvalue weighted by atomic mass is 35.5. The first kappa shape index (κ1) is 20.2. The SMILES string of the molecule is Cc1cccc(C(=O)NCCN2C(=O)S/C(=C/c3ccc(Cl)cc3)C2=O)c1C. The van der Waals surface area contributed by atoms with E-state index in [0.29, 0.717) is 15.5 Å². The van der Waals surface area contributed by atoms with Gasteiger partial charge in [0.2, 0.25) is 0 Å². The second-order valence-electron chi connectivity index (χ2n) is 6.39. The highest BCUT2D eigenvalue weighted by molar-refractivity contribution is 8.18. The van der Waals surface area contributed by atoms with Gasteiger partial charge in [-0.15, -0.1) is 0 Å². The maximum Gasteiger partial charge on any atom is 0.293 e. The molecule has 1 saturated heterocycles. The van der Waals surface area contributed by atoms with Gasteiger partial charge in [0.1, 0.15) is 0 Å². The van der Waals surface area contributed by atoms with Gasteiger partial charge in [0.05, 0.1) is 4.91 Å². The maximum atomic E-state index is 12.5. The molecule has 1 fully saturated rings. The molecule has 28 heavy (non-hydrogen) atoms. The monoisotopic (exact) mass is 414 g/mol. The van der Waals surface area contributed by atoms with Crippen LogP contribution in [-0.4, -0.2) is 35.0 Å². The summed E-state index contributed by atoms with van der Waals surface area (Å²) in [4.78, 5) is 38.6. The van der Waals surface area contributed by atoms with Gasteiger partial charge in [-0.3, -0.25) is 19.3 Å². The van der Waals surface area contributed by atoms with Crippen LogP contribution in [0.3, 0.4) is 0 Å². The number of carbonyl (C=O) groups is 3. The summed E-state index contributed by atoms with van der Waals surface area (Å²) >= 11 is 6.75. The minimum absolute atomic E-state index is 0.124. The Hall–Kier alpha value is -2.57. The van der Waals surface area contributed by atoms with E-state index in [4.69, 9.17) is 11.6 Å². The number of halogens is 1. The Morgan fingerprint density at radius 3 is 2.57 bits per heavy atom. The summed E-state index contributed by atoms with van der Waals surface area (Å²) < 4.78 is 0. The van der Waals surface area contributed by atoms with E-state index in [0.717, 1.165) is 33.4 Å². The Morgan fingerprint density at radius 2 is 1.86 bits per heavy atom. The molecule has 0 atom stereocenters. The molecule has 1 aliphatic heterocycles. The smallest absolute Gasteiger partial charge is 0.293 e. The van der Waals surface area contributed by atoms with Gasteiger partial charge in [-0.2, -0.15) is 0 Å². The lowest BCUT2D eigenvalue weighted by molar-refractivity contribution is -0.122. The maximum absolute atomic E-state index is 12.5. The number of rotatable bonds is 5. The van der Waals surface area contributed by atoms with Crippen molar-refractivity contribution in [1.29, 1.82) is 0 Å². The molecule has 0 saturated carbocycles. The summed E-state index contributed by atoms with van der Waals surface area (Å²) in [7, 11) is 0. The number of imide groups is 1. The first-order chi connectivity index (χ1) is 13.4. The summed E-state index contributed by atoms with van der Waals surface area (Å²) in [6, 6.07) is 12.5. The van der Waals surface area contributed by atoms with Crippen molar-refractivity contribution in [3.63, 3.8) is 0 Å². The van der Waals surface area contributed by atoms with Crippen LogP contribution in [0.15, 0.2) is 47.4 Å². The van der Waals surface area contributed by atoms with Crippen LogP contribution in [0.4, 0.5) is 4.79 Å². The third-order valence-electron chi connectivity index (χ3n) is 4.51. The van der Waals surface area contributed by atoms with Crippen molar-refractivity contribution >= 4 is 46.5 Å². The second-order valence-corrected chi connectivity index (χ2v) is 7.82. The number of carbonyl (C=O) groups excluding carboxylic acids is 3. The van der Waals surface area contributed by atoms with Gasteiger partial charge in [-0.05, 0) is 66.6 Å². The van der Waals surface area contributed by atoms with Crippen LogP contribution < -0.4 is 5.32 Å². The molecule has 7 heteroatoms. The normalized spacial score (nSPS) is 15.4. The van der Waals surface area contributed by atoms with Crippen molar-refractivity contribution in [2.45, 2.75) is 13.8 Å². The first-order valence-electron chi connectivity index (χ1n) is 8.72. The van der Waals surface area contributed by atoms with Gasteiger partial charge in [0.15, 0.2) is 0 Å². The Kier molecular flexibility index (Phi) is 6.21. The molecule has 0 aliphatic carbocycles. The molecule has 0 unspecified atom stereocenters. The predicted molar refractivity (Wildman–Crippen MR) is 112 cm³/mol. The fraction of sp³-hybridized carbons (Fsp3) is 0.190. The summed E-state index contributed by atoms with van der Waals surface area (Å²) in [6.45, 7) is 4.15. The molecule has 0 spiro atoms. The highest BCUT2D eigenvalue weighted by Crippen LogP contribution is 2.32. The fourth-order valence-corrected chi connectivity index (χ4v) is 3.77. The second kappa shape index (κ2) is 8.63. The summed E-state index contributed by atoms with van der Waals surface area (Å²) in [5.41, 5.74) is 3.33. The number of nitrogens with one attached hydrogen (secondary N) is 1. The van der Waals surface area contributed by atoms with Gasteiger partial charge in [0.25, 0.3) is 17.1 Å². The minimum Gasteiger partial charge on any atom is -0.350 e. The molecule has 1 N–H and O–H groups in total. The number of benzene rings is 2. The summed E-state index contributed by atoms with van der Waals surface area (Å²) in [5, 5.41) is 3.04. The Morgan fingerprint density at radius 1 is 1.14 bits per heavy atom. The molecular formula is C21H19ClN2O3S. The topological polar surface area (TPSA) is 66.5 Å². The zero-order chi connectivity index (χ0) is 20.3. The highest BCUT2D eigenvalue weighted by Gasteiger charge is 2.34. The molecule has 1 heterocycles. The molecular weight excluding hydrogens is 396 g/mol. The van der Waals surface area contributed by atoms with Crippen molar-refractivity contribution in [1.82, 2.24) is 10.2 Å². The molecule has 5 nitrogen and oxygen atoms in total. The summed E-state index contributed by atoms with van der Waals surface area (Å²) in [5.74, 6) is -0.573. The van der Waals surface area contributed by atoms with Gasteiger partial charge in [-0.1, -0.05) is 35.9 Å². The Bertz CT molecular complexity index is 970. The molecule has 1 aliphatic rings. The molecule has 0 aromatic heterocycles. The van der Waals surface area contributed by atoms with E-state index in [1.807, 2.05) is 26.0 Å². The molecule has 3 amide bonds. The number of thioether (sulfide) groups is 1. The number of hydrogen-bond donors (Lipinski definition) is 1. The van der Waals surface area contributed by atoms with Crippen LogP contribution in [0.25, 0.3) is 6.08 Å². The van der Waals surface area contributed by atoms with E-state index >= 15 is 0 Å². The lowest BCUT2D eigenvalue weighted by Crippen LogP contribution is -2.37. The lowest BCUT2D eigenvalue weighted by Gasteiger charge is -2.14. The van der Waals surface area contributed by atoms with Crippen molar-refractivity contribution in [3.8, 4) is 0 Å². The average molecular weight is 415 g/mol. The van der Waals surface area contributed by atoms with E-state index in [9.17, 15) is 14.4 Å². The number of nitrogens with zero attached hydrogens (tertiary/aromatic N) is 1. The fourth-order valence-electron chi connectivity index (χ4n) is 2.78. The van der Waals surface area contributed by atoms with E-state index in [1.54, 1.807) is 36.4 Å². The zero-order valence-corrected chi connectivity index (χ0v) is 17.1. The molecule has 2 aromatic rings. The van der Waals surface area contributed by atoms with Crippen LogP contribution in [0.1, 0.15) is 27.0 Å². The third kappa shape index (κ3) is 4.46. The third-order valence-corrected chi connectivity index (χ3v) is 5.67. The molecule has 2 aromatic carbocycles. The minimum atomic E-state index is -0.356. The largest absolute Gasteiger partial charge is 0.350 e. The van der Waals surface area contributed by atoms with E-state index < -0.39 is 0 Å². The van der Waals surface area contributed by atoms with E-state index in [2.05, 4.69) is 5.32 Å². The van der Waals surface area contributed by atoms with E-state index in [-0.39, 0.29) is 30.1 Å². The van der Waals surface area contributed by atoms with Crippen LogP contribution in [-0.2, 0) is 4.79 Å². The summed E-state index contributed by atoms with van der Waals surface area (Å²) in [6.07, 6.45) is 1.66. The predicted octanol–water partition coefficient (Wildman–Crippen LogP) is 4.42. The van der Waals surface area contributed by atoms with Crippen molar-refractivity contribution in [2.75, 3.05) is 13.1 Å². The molecule has 144 valence electrons. The molecule has 0 bridgehead atoms. The van der Waals surface area contributed by atoms with Crippen LogP contribution in [0, 0.1) is 13.8 Å². The number of hydrogen-bond acceptors (Lipinski definition) is 4. The lowest BCUT2D eigenvalue weighted by atomic mass is 10.0. The van der Waals surface area contributed by atoms with Gasteiger partial charge in [0, 0.05) is 23.7 Å². The average Bonchev–Trinajstić information content (AvgIpc) is 2.93. The van der Waals surface area contributed by atoms with E-state index in [1.165, 1.54) is 0 Å². The van der Waals surface area contributed by atoms with Gasteiger partial charge >= 0.3 is 0 Å². The van der Waals surface area contributed by atoms with Crippen molar-refractivity contribution in [3.05, 3.63) is 74.6 Å². The van der Waals surface area contributed by atoms with Crippen LogP contribution in [0.2, 0.25) is 5.02 Å². The Labute approximate surface area is 172 Å². The standard InChI is InChI=1S/C21H19ClN2O3S/c1-13-4-3-5-17(14(13)2)19(25)23-10-11-24-20(26)18(28-21(24)27)12-15-6-8-16(22)9-7-15/h3-9,12H,10-11H2,1-2H3,(H,23,25)/b18-12+. The van der Waals surface area contributed by atoms with Gasteiger partial charge in [-0.25, -0.2) is 0 Å². The van der Waals surface area contributed by atoms with Crippen molar-refractivity contribution < 1.29 is 14.4 Å². The molecule has 0 radical (unpaired) electrons. The van der Waals surface area contributed by atoms with Gasteiger partial charge < -0.3 is 5.32 Å².